The summed E-state index contributed by atoms with van der Waals surface area (Å²) in [7, 11) is -2.95. The van der Waals surface area contributed by atoms with E-state index < -0.39 is 42.1 Å². The number of carbonyl (C=O) groups excluding carboxylic acids is 1. The molecule has 38 heavy (non-hydrogen) atoms. The van der Waals surface area contributed by atoms with Crippen molar-refractivity contribution in [2.45, 2.75) is 45.1 Å². The van der Waals surface area contributed by atoms with E-state index in [0.29, 0.717) is 24.8 Å². The van der Waals surface area contributed by atoms with Crippen molar-refractivity contribution in [1.82, 2.24) is 14.9 Å². The summed E-state index contributed by atoms with van der Waals surface area (Å²) in [4.78, 5) is 50.5. The lowest BCUT2D eigenvalue weighted by Crippen LogP contribution is -2.44. The number of nitrogens with one attached hydrogen (secondary N) is 1. The number of fused-ring (bicyclic) bond motifs is 1. The van der Waals surface area contributed by atoms with E-state index in [1.54, 1.807) is 32.0 Å². The second-order valence-corrected chi connectivity index (χ2v) is 11.0. The highest BCUT2D eigenvalue weighted by atomic mass is 31.2. The second kappa shape index (κ2) is 12.2. The third-order valence-electron chi connectivity index (χ3n) is 6.84. The summed E-state index contributed by atoms with van der Waals surface area (Å²) in [5.74, 6) is -1.77. The van der Waals surface area contributed by atoms with Crippen molar-refractivity contribution >= 4 is 24.5 Å². The third-order valence-corrected chi connectivity index (χ3v) is 7.65. The van der Waals surface area contributed by atoms with Crippen molar-refractivity contribution in [3.63, 3.8) is 0 Å². The van der Waals surface area contributed by atoms with Gasteiger partial charge in [0.2, 0.25) is 0 Å². The van der Waals surface area contributed by atoms with E-state index in [-0.39, 0.29) is 36.4 Å². The van der Waals surface area contributed by atoms with Gasteiger partial charge in [-0.3, -0.25) is 23.7 Å². The van der Waals surface area contributed by atoms with E-state index in [0.717, 1.165) is 5.56 Å². The van der Waals surface area contributed by atoms with Gasteiger partial charge in [-0.1, -0.05) is 26.0 Å². The summed E-state index contributed by atoms with van der Waals surface area (Å²) in [6, 6.07) is 7.58. The van der Waals surface area contributed by atoms with E-state index in [1.807, 2.05) is 0 Å². The number of hydrogen-bond acceptors (Lipinski definition) is 6. The van der Waals surface area contributed by atoms with Crippen LogP contribution < -0.4 is 10.9 Å². The molecule has 2 aromatic heterocycles. The van der Waals surface area contributed by atoms with Gasteiger partial charge in [0.1, 0.15) is 16.9 Å². The maximum absolute atomic E-state index is 13.9. The Morgan fingerprint density at radius 2 is 1.84 bits per heavy atom. The van der Waals surface area contributed by atoms with Gasteiger partial charge in [0.25, 0.3) is 11.5 Å². The van der Waals surface area contributed by atoms with Crippen LogP contribution in [0.25, 0.3) is 11.0 Å². The molecular weight excluding hydrogens is 516 g/mol. The number of amides is 1. The Kier molecular flexibility index (Phi) is 9.43. The van der Waals surface area contributed by atoms with E-state index in [1.165, 1.54) is 30.0 Å². The Balaban J connectivity index is 2.28. The number of methoxy groups -OCH3 is 1. The first-order valence-electron chi connectivity index (χ1n) is 12.3. The molecule has 0 atom stereocenters. The van der Waals surface area contributed by atoms with E-state index in [4.69, 9.17) is 4.74 Å². The van der Waals surface area contributed by atoms with Crippen LogP contribution in [-0.4, -0.2) is 56.8 Å². The van der Waals surface area contributed by atoms with E-state index in [9.17, 15) is 33.4 Å². The van der Waals surface area contributed by atoms with Crippen molar-refractivity contribution in [2.75, 3.05) is 26.4 Å². The zero-order chi connectivity index (χ0) is 28.1. The third kappa shape index (κ3) is 6.47. The fourth-order valence-corrected chi connectivity index (χ4v) is 5.35. The number of ether oxygens (including phenoxy) is 1. The lowest BCUT2D eigenvalue weighted by atomic mass is 9.88. The minimum Gasteiger partial charge on any atom is -0.505 e. The van der Waals surface area contributed by atoms with Crippen molar-refractivity contribution in [1.29, 1.82) is 0 Å². The van der Waals surface area contributed by atoms with Gasteiger partial charge in [0.05, 0.1) is 18.3 Å². The molecular formula is C26H33FN3O7P. The van der Waals surface area contributed by atoms with Crippen LogP contribution in [0.2, 0.25) is 0 Å². The Bertz CT molecular complexity index is 1400. The van der Waals surface area contributed by atoms with Gasteiger partial charge in [-0.15, -0.1) is 0 Å². The van der Waals surface area contributed by atoms with Crippen molar-refractivity contribution in [3.05, 3.63) is 69.4 Å². The molecule has 0 radical (unpaired) electrons. The van der Waals surface area contributed by atoms with Gasteiger partial charge in [-0.05, 0) is 55.0 Å². The van der Waals surface area contributed by atoms with Gasteiger partial charge >= 0.3 is 7.60 Å². The predicted octanol–water partition coefficient (Wildman–Crippen LogP) is 3.29. The average molecular weight is 550 g/mol. The summed E-state index contributed by atoms with van der Waals surface area (Å²) in [5, 5.41) is 13.6. The highest BCUT2D eigenvalue weighted by molar-refractivity contribution is 7.51. The van der Waals surface area contributed by atoms with Crippen LogP contribution >= 0.6 is 7.60 Å². The van der Waals surface area contributed by atoms with Crippen molar-refractivity contribution in [3.8, 4) is 5.75 Å². The summed E-state index contributed by atoms with van der Waals surface area (Å²) in [6.07, 6.45) is 1.97. The van der Waals surface area contributed by atoms with Crippen LogP contribution in [-0.2, 0) is 21.3 Å². The molecule has 4 N–H and O–H groups in total. The second-order valence-electron chi connectivity index (χ2n) is 9.20. The molecule has 0 fully saturated rings. The quantitative estimate of drug-likeness (QED) is 0.199. The highest BCUT2D eigenvalue weighted by Crippen LogP contribution is 2.42. The van der Waals surface area contributed by atoms with Crippen LogP contribution in [0.5, 0.6) is 5.75 Å². The van der Waals surface area contributed by atoms with Crippen LogP contribution in [0.1, 0.15) is 54.6 Å². The molecule has 10 nitrogen and oxygen atoms in total. The molecule has 0 spiro atoms. The minimum atomic E-state index is -4.41. The smallest absolute Gasteiger partial charge is 0.325 e. The Morgan fingerprint density at radius 1 is 1.18 bits per heavy atom. The Hall–Kier alpha value is -3.11. The molecule has 12 heteroatoms. The van der Waals surface area contributed by atoms with Crippen LogP contribution in [0.15, 0.2) is 41.3 Å². The molecule has 0 aliphatic heterocycles. The first-order chi connectivity index (χ1) is 18.0. The molecule has 2 heterocycles. The van der Waals surface area contributed by atoms with Crippen LogP contribution in [0.3, 0.4) is 0 Å². The maximum atomic E-state index is 13.9. The lowest BCUT2D eigenvalue weighted by molar-refractivity contribution is 0.0931. The van der Waals surface area contributed by atoms with E-state index >= 15 is 0 Å². The number of benzene rings is 1. The first kappa shape index (κ1) is 29.4. The molecule has 3 rings (SSSR count). The molecule has 0 saturated carbocycles. The number of pyridine rings is 2. The Morgan fingerprint density at radius 3 is 2.42 bits per heavy atom. The summed E-state index contributed by atoms with van der Waals surface area (Å²) in [5.41, 5.74) is -0.692. The maximum Gasteiger partial charge on any atom is 0.325 e. The zero-order valence-corrected chi connectivity index (χ0v) is 22.5. The number of aromatic hydroxyl groups is 1. The fraction of sp³-hybridized carbons (Fsp3) is 0.423. The van der Waals surface area contributed by atoms with Crippen molar-refractivity contribution < 1.29 is 33.4 Å². The molecule has 3 aromatic rings. The van der Waals surface area contributed by atoms with Gasteiger partial charge in [0, 0.05) is 25.4 Å². The molecule has 0 saturated heterocycles. The fourth-order valence-electron chi connectivity index (χ4n) is 4.64. The standard InChI is InChI=1S/C26H33FN3O7P/c1-4-26(5-2,10-13-38(34,35)36)30-20-15-18(14-17-6-8-19(27)9-7-17)16-29-22(20)23(31)21(25(30)33)24(32)28-11-12-37-3/h6-9,15-16,31H,4-5,10-14H2,1-3H3,(H,28,32)(H2,34,35,36). The number of halogens is 1. The average Bonchev–Trinajstić information content (AvgIpc) is 2.87. The topological polar surface area (TPSA) is 151 Å². The highest BCUT2D eigenvalue weighted by Gasteiger charge is 2.36. The normalized spacial score (nSPS) is 12.2. The SMILES string of the molecule is CCC(CC)(CCP(=O)(O)O)n1c(=O)c(C(=O)NCCOC)c(O)c2ncc(Cc3ccc(F)cc3)cc21. The van der Waals surface area contributed by atoms with E-state index in [2.05, 4.69) is 10.3 Å². The monoisotopic (exact) mass is 549 g/mol. The zero-order valence-electron chi connectivity index (χ0n) is 21.6. The minimum absolute atomic E-state index is 0.00630. The largest absolute Gasteiger partial charge is 0.505 e. The predicted molar refractivity (Wildman–Crippen MR) is 141 cm³/mol. The molecule has 1 aromatic carbocycles. The Labute approximate surface area is 219 Å². The van der Waals surface area contributed by atoms with Gasteiger partial charge in [-0.25, -0.2) is 4.39 Å². The van der Waals surface area contributed by atoms with Gasteiger partial charge < -0.3 is 24.9 Å². The molecule has 0 aliphatic rings. The van der Waals surface area contributed by atoms with Crippen LogP contribution in [0.4, 0.5) is 4.39 Å². The number of carbonyl (C=O) groups is 1. The van der Waals surface area contributed by atoms with Crippen molar-refractivity contribution in [2.24, 2.45) is 0 Å². The molecule has 0 bridgehead atoms. The first-order valence-corrected chi connectivity index (χ1v) is 14.1. The number of nitrogens with zero attached hydrogens (tertiary/aromatic N) is 2. The summed E-state index contributed by atoms with van der Waals surface area (Å²) < 4.78 is 31.5. The molecule has 0 aliphatic carbocycles. The molecule has 1 amide bonds. The number of aromatic nitrogens is 2. The number of hydrogen-bond donors (Lipinski definition) is 4. The van der Waals surface area contributed by atoms with Crippen LogP contribution in [0, 0.1) is 5.82 Å². The van der Waals surface area contributed by atoms with Gasteiger partial charge in [-0.2, -0.15) is 0 Å². The number of rotatable bonds is 12. The summed E-state index contributed by atoms with van der Waals surface area (Å²) >= 11 is 0. The van der Waals surface area contributed by atoms with Gasteiger partial charge in [0.15, 0.2) is 5.75 Å². The molecule has 0 unspecified atom stereocenters. The molecule has 206 valence electrons. The summed E-state index contributed by atoms with van der Waals surface area (Å²) in [6.45, 7) is 3.88. The lowest BCUT2D eigenvalue weighted by Gasteiger charge is -2.36.